The third-order valence-corrected chi connectivity index (χ3v) is 12.5. The zero-order chi connectivity index (χ0) is 58.0. The first-order valence-electron chi connectivity index (χ1n) is 25.4. The molecule has 0 unspecified atom stereocenters. The average molecular weight is 1060 g/mol. The highest BCUT2D eigenvalue weighted by atomic mass is 16.4. The number of carbonyl (C=O) groups excluding carboxylic acids is 7. The number of quaternary nitrogens is 3. The van der Waals surface area contributed by atoms with Crippen LogP contribution in [0.4, 0.5) is 0 Å². The van der Waals surface area contributed by atoms with Crippen LogP contribution in [0.3, 0.4) is 0 Å². The quantitative estimate of drug-likeness (QED) is 0.0764. The third-order valence-electron chi connectivity index (χ3n) is 12.5. The van der Waals surface area contributed by atoms with Crippen molar-refractivity contribution in [2.24, 2.45) is 0 Å². The molecule has 0 bridgehead atoms. The van der Waals surface area contributed by atoms with Gasteiger partial charge in [-0.25, -0.2) is 9.59 Å². The molecule has 17 nitrogen and oxygen atoms in total. The van der Waals surface area contributed by atoms with Crippen molar-refractivity contribution in [3.63, 3.8) is 0 Å². The van der Waals surface area contributed by atoms with Gasteiger partial charge in [-0.1, -0.05) is 134 Å². The molecule has 2 N–H and O–H groups in total. The van der Waals surface area contributed by atoms with Crippen LogP contribution in [0.25, 0.3) is 0 Å². The fourth-order valence-corrected chi connectivity index (χ4v) is 8.53. The lowest BCUT2D eigenvalue weighted by molar-refractivity contribution is -0.908. The van der Waals surface area contributed by atoms with Gasteiger partial charge >= 0.3 is 11.9 Å². The fourth-order valence-electron chi connectivity index (χ4n) is 8.53. The predicted molar refractivity (Wildman–Crippen MR) is 287 cm³/mol. The number of ketones is 4. The van der Waals surface area contributed by atoms with Crippen molar-refractivity contribution in [2.45, 2.75) is 83.2 Å². The summed E-state index contributed by atoms with van der Waals surface area (Å²) in [6, 6.07) is 39.1. The molecule has 416 valence electrons. The summed E-state index contributed by atoms with van der Waals surface area (Å²) in [6.07, 6.45) is 15.0. The summed E-state index contributed by atoms with van der Waals surface area (Å²) in [5, 5.41) is 43.3. The number of aliphatic carboxylic acids is 5. The molecule has 0 amide bonds. The molecule has 0 radical (unpaired) electrons. The summed E-state index contributed by atoms with van der Waals surface area (Å²) >= 11 is 0. The molecule has 4 aromatic rings. The molecule has 2 saturated carbocycles. The second-order valence-corrected chi connectivity index (χ2v) is 20.3. The second kappa shape index (κ2) is 35.5. The number of benzene rings is 4. The van der Waals surface area contributed by atoms with Gasteiger partial charge in [-0.3, -0.25) is 19.2 Å². The Morgan fingerprint density at radius 2 is 0.623 bits per heavy atom. The molecule has 0 heterocycles. The summed E-state index contributed by atoms with van der Waals surface area (Å²) in [5.74, 6) is -6.04. The Hall–Kier alpha value is -7.73. The smallest absolute Gasteiger partial charge is 0.328 e. The van der Waals surface area contributed by atoms with Crippen LogP contribution in [-0.4, -0.2) is 157 Å². The molecule has 2 aliphatic rings. The van der Waals surface area contributed by atoms with E-state index in [9.17, 15) is 48.6 Å². The molecule has 0 aromatic heterocycles. The number of hydrogen-bond acceptors (Lipinski definition) is 12. The minimum absolute atomic E-state index is 0.0569. The van der Waals surface area contributed by atoms with Crippen LogP contribution < -0.4 is 15.3 Å². The van der Waals surface area contributed by atoms with Crippen molar-refractivity contribution >= 4 is 53.0 Å². The number of carboxylic acid groups (broad SMARTS) is 5. The molecular weight excluding hydrogens is 987 g/mol. The maximum Gasteiger partial charge on any atom is 0.328 e. The van der Waals surface area contributed by atoms with E-state index in [-0.39, 0.29) is 23.1 Å². The van der Waals surface area contributed by atoms with Gasteiger partial charge in [-0.05, 0) is 70.4 Å². The maximum absolute atomic E-state index is 12.3. The lowest BCUT2D eigenvalue weighted by atomic mass is 9.92. The third kappa shape index (κ3) is 31.0. The fraction of sp³-hybridized carbons (Fsp3) is 0.383. The summed E-state index contributed by atoms with van der Waals surface area (Å²) in [6.45, 7) is 2.83. The first-order valence-corrected chi connectivity index (χ1v) is 25.4. The lowest BCUT2D eigenvalue weighted by Crippen LogP contribution is -2.52. The van der Waals surface area contributed by atoms with E-state index in [2.05, 4.69) is 28.2 Å². The number of likely N-dealkylation sites (N-methyl/N-ethyl adjacent to an activating group) is 3. The Morgan fingerprint density at radius 1 is 0.403 bits per heavy atom. The highest BCUT2D eigenvalue weighted by Crippen LogP contribution is 2.27. The van der Waals surface area contributed by atoms with Gasteiger partial charge in [0.05, 0.1) is 66.3 Å². The predicted octanol–water partition coefficient (Wildman–Crippen LogP) is 4.90. The highest BCUT2D eigenvalue weighted by Gasteiger charge is 2.33. The van der Waals surface area contributed by atoms with Crippen molar-refractivity contribution in [2.75, 3.05) is 68.5 Å². The van der Waals surface area contributed by atoms with E-state index in [0.29, 0.717) is 78.2 Å². The minimum Gasteiger partial charge on any atom is -0.550 e. The maximum atomic E-state index is 12.3. The van der Waals surface area contributed by atoms with E-state index < -0.39 is 29.8 Å². The van der Waals surface area contributed by atoms with Crippen LogP contribution in [0.1, 0.15) is 113 Å². The monoisotopic (exact) mass is 1060 g/mol. The van der Waals surface area contributed by atoms with Crippen LogP contribution in [0.5, 0.6) is 0 Å². The Bertz CT molecular complexity index is 2330. The largest absolute Gasteiger partial charge is 0.550 e. The number of nitrogens with zero attached hydrogens (tertiary/aromatic N) is 3. The summed E-state index contributed by atoms with van der Waals surface area (Å²) in [7, 11) is 12.6. The van der Waals surface area contributed by atoms with E-state index in [1.165, 1.54) is 64.2 Å². The summed E-state index contributed by atoms with van der Waals surface area (Å²) < 4.78 is 2.03. The van der Waals surface area contributed by atoms with Crippen LogP contribution in [0, 0.1) is 0 Å². The van der Waals surface area contributed by atoms with Crippen molar-refractivity contribution in [3.05, 3.63) is 168 Å². The number of carboxylic acids is 5. The van der Waals surface area contributed by atoms with E-state index in [1.54, 1.807) is 24.3 Å². The van der Waals surface area contributed by atoms with Gasteiger partial charge in [0.25, 0.3) is 0 Å². The molecule has 0 spiro atoms. The molecule has 77 heavy (non-hydrogen) atoms. The highest BCUT2D eigenvalue weighted by molar-refractivity contribution is 5.99. The van der Waals surface area contributed by atoms with Gasteiger partial charge in [-0.15, -0.1) is 0 Å². The van der Waals surface area contributed by atoms with Gasteiger partial charge in [0.15, 0.2) is 0 Å². The molecule has 4 aromatic carbocycles. The molecule has 17 heteroatoms. The Morgan fingerprint density at radius 3 is 0.818 bits per heavy atom. The van der Waals surface area contributed by atoms with E-state index in [4.69, 9.17) is 20.1 Å². The summed E-state index contributed by atoms with van der Waals surface area (Å²) in [4.78, 5) is 95.9. The van der Waals surface area contributed by atoms with Gasteiger partial charge in [0.1, 0.15) is 26.2 Å². The Labute approximate surface area is 453 Å². The standard InChI is InChI=1S/C18H20NO2.2C16H24NO.2C4H4O4.C2H4O2/c1-19(2,13-17(20)15-9-5-3-6-10-15)14-18(21)16-11-7-4-8-12-16;2*1-17(2,15-11-7-4-8-12-15)13-16(18)14-9-5-3-6-10-14;2*5-3(6)1-2-4(7)8;1-2(3)4/h3-12H,13-14H2,1-2H3;2*3,5-6,9-10,15H,4,7-8,11-13H2,1-2H3;2*1-2H,(H,5,6)(H,7,8);1H3,(H,3,4)/q3*+1;;;/p-3/b;;;2*2-1-;. The number of hydrogen-bond donors (Lipinski definition) is 2. The van der Waals surface area contributed by atoms with Crippen LogP contribution in [0.2, 0.25) is 0 Å². The topological polar surface area (TPSA) is 263 Å². The molecule has 0 saturated heterocycles. The van der Waals surface area contributed by atoms with Crippen LogP contribution in [0.15, 0.2) is 146 Å². The normalized spacial score (nSPS) is 13.6. The SMILES string of the molecule is CC(=O)[O-].C[N+](C)(CC(=O)c1ccccc1)C1CCCCC1.C[N+](C)(CC(=O)c1ccccc1)C1CCCCC1.C[N+](C)(CC(=O)c1ccccc1)CC(=O)c1ccccc1.O=C([O-])/C=C\C(=O)O.O=C([O-])/C=C\C(=O)O. The lowest BCUT2D eigenvalue weighted by Gasteiger charge is -2.39. The molecule has 6 rings (SSSR count). The van der Waals surface area contributed by atoms with Crippen molar-refractivity contribution in [1.29, 1.82) is 0 Å². The van der Waals surface area contributed by atoms with Gasteiger partial charge in [-0.2, -0.15) is 0 Å². The summed E-state index contributed by atoms with van der Waals surface area (Å²) in [5.41, 5.74) is 3.07. The van der Waals surface area contributed by atoms with Crippen molar-refractivity contribution < 1.29 is 82.1 Å². The van der Waals surface area contributed by atoms with E-state index >= 15 is 0 Å². The average Bonchev–Trinajstić information content (AvgIpc) is 3.39. The number of rotatable bonds is 18. The Kier molecular flexibility index (Phi) is 31.0. The molecule has 0 aliphatic heterocycles. The second-order valence-electron chi connectivity index (χ2n) is 20.3. The van der Waals surface area contributed by atoms with Crippen LogP contribution in [-0.2, 0) is 24.0 Å². The molecule has 2 fully saturated rings. The van der Waals surface area contributed by atoms with E-state index in [0.717, 1.165) is 27.0 Å². The van der Waals surface area contributed by atoms with Gasteiger partial charge in [0, 0.05) is 40.4 Å². The Balaban J connectivity index is 0.000000493. The van der Waals surface area contributed by atoms with Gasteiger partial charge in [0.2, 0.25) is 23.1 Å². The first kappa shape index (κ1) is 67.3. The molecule has 0 atom stereocenters. The minimum atomic E-state index is -1.51. The number of carbonyl (C=O) groups is 9. The van der Waals surface area contributed by atoms with E-state index in [1.807, 2.05) is 111 Å². The molecular formula is C60H77N3O14. The number of Topliss-reactive ketones (excluding diaryl/α,β-unsaturated/α-hetero) is 4. The van der Waals surface area contributed by atoms with Crippen molar-refractivity contribution in [3.8, 4) is 0 Å². The zero-order valence-electron chi connectivity index (χ0n) is 45.5. The van der Waals surface area contributed by atoms with Crippen LogP contribution >= 0.6 is 0 Å². The molecule has 2 aliphatic carbocycles. The van der Waals surface area contributed by atoms with Gasteiger partial charge < -0.3 is 53.4 Å². The zero-order valence-corrected chi connectivity index (χ0v) is 45.5. The first-order chi connectivity index (χ1) is 36.2. The van der Waals surface area contributed by atoms with Crippen molar-refractivity contribution in [1.82, 2.24) is 0 Å².